The Kier molecular flexibility index (Phi) is 7.56. The average molecular weight is 326 g/mol. The molecule has 0 spiro atoms. The summed E-state index contributed by atoms with van der Waals surface area (Å²) in [6, 6.07) is 0. The molecule has 1 aliphatic carbocycles. The van der Waals surface area contributed by atoms with Crippen LogP contribution >= 0.6 is 0 Å². The average Bonchev–Trinajstić information content (AvgIpc) is 3.06. The van der Waals surface area contributed by atoms with Crippen molar-refractivity contribution in [2.45, 2.75) is 91.6 Å². The SMILES string of the molecule is CCC(C)(C)C(=O)OCCCC(=O)OC(C)(CC)C1CCCC1. The van der Waals surface area contributed by atoms with Crippen molar-refractivity contribution in [2.75, 3.05) is 6.61 Å². The molecule has 0 aromatic rings. The lowest BCUT2D eigenvalue weighted by Crippen LogP contribution is -2.38. The van der Waals surface area contributed by atoms with E-state index in [1.54, 1.807) is 0 Å². The van der Waals surface area contributed by atoms with Gasteiger partial charge in [0.25, 0.3) is 0 Å². The molecule has 0 N–H and O–H groups in total. The van der Waals surface area contributed by atoms with Gasteiger partial charge in [-0.1, -0.05) is 26.7 Å². The lowest BCUT2D eigenvalue weighted by atomic mass is 9.85. The first-order valence-corrected chi connectivity index (χ1v) is 9.14. The van der Waals surface area contributed by atoms with Crippen LogP contribution in [0, 0.1) is 11.3 Å². The van der Waals surface area contributed by atoms with Crippen LogP contribution in [0.5, 0.6) is 0 Å². The summed E-state index contributed by atoms with van der Waals surface area (Å²) in [5.74, 6) is 0.115. The Morgan fingerprint density at radius 3 is 2.17 bits per heavy atom. The molecule has 0 saturated heterocycles. The Morgan fingerprint density at radius 2 is 1.65 bits per heavy atom. The molecule has 0 aromatic heterocycles. The monoisotopic (exact) mass is 326 g/mol. The topological polar surface area (TPSA) is 52.6 Å². The zero-order chi connectivity index (χ0) is 17.5. The molecule has 0 amide bonds. The first kappa shape index (κ1) is 20.0. The van der Waals surface area contributed by atoms with E-state index in [2.05, 4.69) is 13.8 Å². The highest BCUT2D eigenvalue weighted by Crippen LogP contribution is 2.38. The summed E-state index contributed by atoms with van der Waals surface area (Å²) in [5.41, 5.74) is -0.793. The molecular formula is C19H34O4. The Bertz CT molecular complexity index is 396. The number of ether oxygens (including phenoxy) is 2. The van der Waals surface area contributed by atoms with Crippen molar-refractivity contribution in [1.82, 2.24) is 0 Å². The first-order valence-electron chi connectivity index (χ1n) is 9.14. The van der Waals surface area contributed by atoms with E-state index in [0.29, 0.717) is 18.8 Å². The van der Waals surface area contributed by atoms with Crippen LogP contribution in [0.15, 0.2) is 0 Å². The van der Waals surface area contributed by atoms with E-state index in [9.17, 15) is 9.59 Å². The molecule has 1 fully saturated rings. The van der Waals surface area contributed by atoms with Gasteiger partial charge in [-0.15, -0.1) is 0 Å². The van der Waals surface area contributed by atoms with E-state index in [-0.39, 0.29) is 24.1 Å². The van der Waals surface area contributed by atoms with Gasteiger partial charge >= 0.3 is 11.9 Å². The normalized spacial score (nSPS) is 18.5. The summed E-state index contributed by atoms with van der Waals surface area (Å²) in [6.45, 7) is 10.1. The largest absolute Gasteiger partial charge is 0.465 e. The van der Waals surface area contributed by atoms with Crippen LogP contribution in [0.3, 0.4) is 0 Å². The number of carbonyl (C=O) groups excluding carboxylic acids is 2. The second-order valence-electron chi connectivity index (χ2n) is 7.60. The smallest absolute Gasteiger partial charge is 0.311 e. The predicted molar refractivity (Wildman–Crippen MR) is 91.0 cm³/mol. The van der Waals surface area contributed by atoms with Crippen LogP contribution in [0.2, 0.25) is 0 Å². The summed E-state index contributed by atoms with van der Waals surface area (Å²) < 4.78 is 11.0. The fraction of sp³-hybridized carbons (Fsp3) is 0.895. The predicted octanol–water partition coefficient (Wildman–Crippen LogP) is 4.65. The number of hydrogen-bond donors (Lipinski definition) is 0. The lowest BCUT2D eigenvalue weighted by Gasteiger charge is -2.34. The van der Waals surface area contributed by atoms with Crippen molar-refractivity contribution in [3.63, 3.8) is 0 Å². The van der Waals surface area contributed by atoms with Crippen LogP contribution in [0.4, 0.5) is 0 Å². The molecule has 134 valence electrons. The van der Waals surface area contributed by atoms with Crippen molar-refractivity contribution < 1.29 is 19.1 Å². The standard InChI is InChI=1S/C19H34O4/c1-6-18(3,4)17(21)22-14-10-13-16(20)23-19(5,7-2)15-11-8-9-12-15/h15H,6-14H2,1-5H3. The maximum absolute atomic E-state index is 12.1. The number of esters is 2. The molecule has 0 radical (unpaired) electrons. The minimum atomic E-state index is -0.455. The van der Waals surface area contributed by atoms with Crippen molar-refractivity contribution in [3.05, 3.63) is 0 Å². The molecule has 0 heterocycles. The third kappa shape index (κ3) is 5.82. The zero-order valence-electron chi connectivity index (χ0n) is 15.6. The highest BCUT2D eigenvalue weighted by Gasteiger charge is 2.37. The van der Waals surface area contributed by atoms with Crippen LogP contribution in [-0.2, 0) is 19.1 Å². The highest BCUT2D eigenvalue weighted by atomic mass is 16.6. The van der Waals surface area contributed by atoms with Gasteiger partial charge in [-0.25, -0.2) is 0 Å². The Morgan fingerprint density at radius 1 is 1.04 bits per heavy atom. The van der Waals surface area contributed by atoms with Crippen LogP contribution in [0.1, 0.15) is 86.0 Å². The molecule has 1 unspecified atom stereocenters. The van der Waals surface area contributed by atoms with E-state index in [1.165, 1.54) is 12.8 Å². The molecule has 1 aliphatic rings. The van der Waals surface area contributed by atoms with E-state index in [4.69, 9.17) is 9.47 Å². The fourth-order valence-electron chi connectivity index (χ4n) is 3.01. The van der Waals surface area contributed by atoms with Crippen LogP contribution < -0.4 is 0 Å². The quantitative estimate of drug-likeness (QED) is 0.457. The van der Waals surface area contributed by atoms with E-state index in [0.717, 1.165) is 25.7 Å². The minimum absolute atomic E-state index is 0.174. The molecule has 4 nitrogen and oxygen atoms in total. The fourth-order valence-corrected chi connectivity index (χ4v) is 3.01. The third-order valence-corrected chi connectivity index (χ3v) is 5.46. The summed E-state index contributed by atoms with van der Waals surface area (Å²) in [5, 5.41) is 0. The van der Waals surface area contributed by atoms with E-state index >= 15 is 0 Å². The summed E-state index contributed by atoms with van der Waals surface area (Å²) in [7, 11) is 0. The van der Waals surface area contributed by atoms with Crippen molar-refractivity contribution >= 4 is 11.9 Å². The van der Waals surface area contributed by atoms with Crippen LogP contribution in [0.25, 0.3) is 0 Å². The highest BCUT2D eigenvalue weighted by molar-refractivity contribution is 5.75. The van der Waals surface area contributed by atoms with Crippen molar-refractivity contribution in [2.24, 2.45) is 11.3 Å². The molecular weight excluding hydrogens is 292 g/mol. The Labute approximate surface area is 141 Å². The van der Waals surface area contributed by atoms with Gasteiger partial charge in [-0.2, -0.15) is 0 Å². The third-order valence-electron chi connectivity index (χ3n) is 5.46. The molecule has 23 heavy (non-hydrogen) atoms. The van der Waals surface area contributed by atoms with Gasteiger partial charge in [0, 0.05) is 6.42 Å². The van der Waals surface area contributed by atoms with Gasteiger partial charge < -0.3 is 9.47 Å². The van der Waals surface area contributed by atoms with Crippen LogP contribution in [-0.4, -0.2) is 24.1 Å². The van der Waals surface area contributed by atoms with Crippen molar-refractivity contribution in [3.8, 4) is 0 Å². The number of hydrogen-bond acceptors (Lipinski definition) is 4. The maximum atomic E-state index is 12.1. The molecule has 1 saturated carbocycles. The van der Waals surface area contributed by atoms with Crippen molar-refractivity contribution in [1.29, 1.82) is 0 Å². The van der Waals surface area contributed by atoms with E-state index < -0.39 is 5.41 Å². The molecule has 0 aromatic carbocycles. The summed E-state index contributed by atoms with van der Waals surface area (Å²) >= 11 is 0. The first-order chi connectivity index (χ1) is 10.7. The molecule has 0 bridgehead atoms. The maximum Gasteiger partial charge on any atom is 0.311 e. The summed E-state index contributed by atoms with van der Waals surface area (Å²) in [4.78, 5) is 24.0. The van der Waals surface area contributed by atoms with Gasteiger partial charge in [0.05, 0.1) is 12.0 Å². The van der Waals surface area contributed by atoms with Gasteiger partial charge in [0.15, 0.2) is 0 Å². The second kappa shape index (κ2) is 8.70. The molecule has 0 aliphatic heterocycles. The summed E-state index contributed by atoms with van der Waals surface area (Å²) in [6.07, 6.45) is 7.20. The van der Waals surface area contributed by atoms with Gasteiger partial charge in [-0.05, 0) is 58.8 Å². The van der Waals surface area contributed by atoms with E-state index in [1.807, 2.05) is 20.8 Å². The molecule has 4 heteroatoms. The van der Waals surface area contributed by atoms with Gasteiger partial charge in [-0.3, -0.25) is 9.59 Å². The molecule has 1 rings (SSSR count). The second-order valence-corrected chi connectivity index (χ2v) is 7.60. The Balaban J connectivity index is 2.32. The van der Waals surface area contributed by atoms with Gasteiger partial charge in [0.1, 0.15) is 5.60 Å². The number of carbonyl (C=O) groups is 2. The number of rotatable bonds is 9. The minimum Gasteiger partial charge on any atom is -0.465 e. The zero-order valence-corrected chi connectivity index (χ0v) is 15.6. The molecule has 1 atom stereocenters. The Hall–Kier alpha value is -1.06. The lowest BCUT2D eigenvalue weighted by molar-refractivity contribution is -0.166. The van der Waals surface area contributed by atoms with Gasteiger partial charge in [0.2, 0.25) is 0 Å².